The molecule has 3 N–H and O–H groups in total. The quantitative estimate of drug-likeness (QED) is 0.146. The molecule has 1 saturated heterocycles. The number of Topliss-reactive ketones (excluding diaryl/α,β-unsaturated/α-hetero) is 1. The Morgan fingerprint density at radius 3 is 2.15 bits per heavy atom. The molecule has 1 unspecified atom stereocenters. The van der Waals surface area contributed by atoms with Crippen LogP contribution in [0.4, 0.5) is 0 Å². The smallest absolute Gasteiger partial charge is 0.263 e. The van der Waals surface area contributed by atoms with E-state index in [-0.39, 0.29) is 25.1 Å². The maximum Gasteiger partial charge on any atom is 0.263 e. The number of hydrogen-bond acceptors (Lipinski definition) is 9. The van der Waals surface area contributed by atoms with Crippen molar-refractivity contribution in [3.05, 3.63) is 52.0 Å². The van der Waals surface area contributed by atoms with Crippen molar-refractivity contribution in [2.24, 2.45) is 0 Å². The van der Waals surface area contributed by atoms with Gasteiger partial charge in [0.2, 0.25) is 11.8 Å². The Kier molecular flexibility index (Phi) is 11.6. The van der Waals surface area contributed by atoms with E-state index in [1.807, 2.05) is 59.8 Å². The second-order valence-corrected chi connectivity index (χ2v) is 12.3. The summed E-state index contributed by atoms with van der Waals surface area (Å²) in [5.74, 6) is -1.74. The minimum Gasteiger partial charge on any atom is -0.382 e. The number of ketones is 1. The van der Waals surface area contributed by atoms with Crippen LogP contribution >= 0.6 is 33.9 Å². The number of nitrogens with zero attached hydrogens (tertiary/aromatic N) is 1. The molecule has 0 radical (unpaired) electrons. The fraction of sp³-hybridized carbons (Fsp3) is 0.519. The van der Waals surface area contributed by atoms with E-state index in [2.05, 4.69) is 20.9 Å². The highest BCUT2D eigenvalue weighted by Gasteiger charge is 2.57. The second-order valence-electron chi connectivity index (χ2n) is 9.68. The normalized spacial score (nSPS) is 21.0. The molecule has 1 fully saturated rings. The van der Waals surface area contributed by atoms with Crippen LogP contribution in [0, 0.1) is 6.92 Å². The summed E-state index contributed by atoms with van der Waals surface area (Å²) in [5.41, 5.74) is 0.0409. The number of carbonyl (C=O) groups is 4. The van der Waals surface area contributed by atoms with Crippen LogP contribution in [0.5, 0.6) is 0 Å². The average Bonchev–Trinajstić information content (AvgIpc) is 3.32. The van der Waals surface area contributed by atoms with Gasteiger partial charge in [-0.1, -0.05) is 52.9 Å². The van der Waals surface area contributed by atoms with Gasteiger partial charge >= 0.3 is 0 Å². The Labute approximate surface area is 251 Å². The Balaban J connectivity index is 1.74. The van der Waals surface area contributed by atoms with Gasteiger partial charge in [-0.3, -0.25) is 19.2 Å². The molecule has 11 nitrogen and oxygen atoms in total. The zero-order valence-electron chi connectivity index (χ0n) is 23.1. The van der Waals surface area contributed by atoms with Crippen molar-refractivity contribution >= 4 is 57.4 Å². The largest absolute Gasteiger partial charge is 0.382 e. The summed E-state index contributed by atoms with van der Waals surface area (Å²) < 4.78 is 15.3. The number of aryl methyl sites for hydroxylation is 1. The summed E-state index contributed by atoms with van der Waals surface area (Å²) in [7, 11) is 2.81. The molecule has 1 aromatic heterocycles. The molecule has 3 amide bonds. The lowest BCUT2D eigenvalue weighted by molar-refractivity contribution is -0.132. The molecular weight excluding hydrogens is 651 g/mol. The van der Waals surface area contributed by atoms with Crippen LogP contribution in [0.1, 0.15) is 34.1 Å². The highest BCUT2D eigenvalue weighted by atomic mass is 127. The molecule has 2 aromatic rings. The van der Waals surface area contributed by atoms with Crippen molar-refractivity contribution in [1.82, 2.24) is 20.9 Å². The van der Waals surface area contributed by atoms with Crippen LogP contribution in [-0.2, 0) is 35.0 Å². The number of aromatic nitrogens is 1. The number of halogens is 1. The third-order valence-electron chi connectivity index (χ3n) is 6.63. The molecular formula is C27H35IN4O7S. The molecule has 1 aliphatic rings. The Morgan fingerprint density at radius 1 is 1.05 bits per heavy atom. The van der Waals surface area contributed by atoms with Crippen molar-refractivity contribution in [1.29, 1.82) is 0 Å². The maximum absolute atomic E-state index is 13.5. The number of rotatable bonds is 15. The molecule has 13 heteroatoms. The fourth-order valence-corrected chi connectivity index (χ4v) is 5.83. The van der Waals surface area contributed by atoms with Crippen LogP contribution in [0.25, 0.3) is 0 Å². The first-order valence-electron chi connectivity index (χ1n) is 12.7. The minimum atomic E-state index is -1.09. The molecule has 0 bridgehead atoms. The van der Waals surface area contributed by atoms with Gasteiger partial charge in [-0.15, -0.1) is 11.3 Å². The lowest BCUT2D eigenvalue weighted by Gasteiger charge is -2.28. The summed E-state index contributed by atoms with van der Waals surface area (Å²) in [6.07, 6.45) is 1.62. The van der Waals surface area contributed by atoms with E-state index in [1.54, 1.807) is 13.8 Å². The fourth-order valence-electron chi connectivity index (χ4n) is 4.09. The monoisotopic (exact) mass is 686 g/mol. The first-order valence-corrected chi connectivity index (χ1v) is 14.8. The molecule has 0 saturated carbocycles. The van der Waals surface area contributed by atoms with Gasteiger partial charge in [0.05, 0.1) is 40.5 Å². The van der Waals surface area contributed by atoms with E-state index in [0.29, 0.717) is 16.3 Å². The first kappa shape index (κ1) is 32.1. The number of epoxide rings is 1. The van der Waals surface area contributed by atoms with Crippen molar-refractivity contribution < 1.29 is 33.4 Å². The van der Waals surface area contributed by atoms with Crippen LogP contribution < -0.4 is 16.0 Å². The van der Waals surface area contributed by atoms with Crippen molar-refractivity contribution in [2.75, 3.05) is 27.4 Å². The molecule has 0 spiro atoms. The topological polar surface area (TPSA) is 148 Å². The van der Waals surface area contributed by atoms with E-state index < -0.39 is 45.4 Å². The van der Waals surface area contributed by atoms with Crippen LogP contribution in [0.3, 0.4) is 0 Å². The number of carbonyl (C=O) groups excluding carboxylic acids is 4. The Morgan fingerprint density at radius 2 is 1.62 bits per heavy atom. The van der Waals surface area contributed by atoms with Crippen molar-refractivity contribution in [3.8, 4) is 0 Å². The first-order chi connectivity index (χ1) is 19.0. The number of alkyl halides is 1. The molecule has 218 valence electrons. The highest BCUT2D eigenvalue weighted by molar-refractivity contribution is 14.1. The number of nitrogens with one attached hydrogen (secondary N) is 3. The number of benzene rings is 1. The molecule has 6 atom stereocenters. The Bertz CT molecular complexity index is 1200. The zero-order chi connectivity index (χ0) is 29.4. The Hall–Kier alpha value is -2.46. The predicted octanol–water partition coefficient (Wildman–Crippen LogP) is 1.61. The van der Waals surface area contributed by atoms with Gasteiger partial charge in [0.1, 0.15) is 17.0 Å². The van der Waals surface area contributed by atoms with Crippen LogP contribution in [0.2, 0.25) is 0 Å². The van der Waals surface area contributed by atoms with Gasteiger partial charge in [-0.05, 0) is 32.8 Å². The lowest BCUT2D eigenvalue weighted by atomic mass is 9.93. The summed E-state index contributed by atoms with van der Waals surface area (Å²) in [6.45, 7) is 5.11. The SMILES string of the molecule is COC[C@H](NC(=O)c1cnc(C)s1)C(=O)N[C@@H](COC)C(=O)N[C@@H](Cc1ccccc1)[C@@H](I)C(=O)C1(C)O[C@H]1C. The van der Waals surface area contributed by atoms with Gasteiger partial charge in [0.15, 0.2) is 11.4 Å². The van der Waals surface area contributed by atoms with E-state index in [9.17, 15) is 19.2 Å². The predicted molar refractivity (Wildman–Crippen MR) is 158 cm³/mol. The minimum absolute atomic E-state index is 0.115. The molecule has 1 aromatic carbocycles. The van der Waals surface area contributed by atoms with Gasteiger partial charge in [0, 0.05) is 14.2 Å². The standard InChI is InChI=1S/C27H35IN4O7S/c1-15-27(3,39-15)23(33)22(28)18(11-17-9-7-6-8-10-17)30-24(34)19(13-37-4)31-25(35)20(14-38-5)32-26(36)21-12-29-16(2)40-21/h6-10,12,15,18-20,22H,11,13-14H2,1-5H3,(H,30,34)(H,31,35)(H,32,36)/t15-,18-,19-,20-,22+,27?/m0/s1. The van der Waals surface area contributed by atoms with Gasteiger partial charge in [0.25, 0.3) is 5.91 Å². The maximum atomic E-state index is 13.5. The third kappa shape index (κ3) is 8.28. The lowest BCUT2D eigenvalue weighted by Crippen LogP contribution is -2.59. The van der Waals surface area contributed by atoms with E-state index in [0.717, 1.165) is 5.56 Å². The number of thiazole rings is 1. The zero-order valence-corrected chi connectivity index (χ0v) is 26.0. The molecule has 2 heterocycles. The number of amides is 3. The summed E-state index contributed by atoms with van der Waals surface area (Å²) >= 11 is 3.24. The van der Waals surface area contributed by atoms with Gasteiger partial charge in [-0.2, -0.15) is 0 Å². The summed E-state index contributed by atoms with van der Waals surface area (Å²) in [5, 5.41) is 8.95. The number of methoxy groups -OCH3 is 2. The average molecular weight is 687 g/mol. The molecule has 40 heavy (non-hydrogen) atoms. The highest BCUT2D eigenvalue weighted by Crippen LogP contribution is 2.39. The molecule has 3 rings (SSSR count). The molecule has 0 aliphatic carbocycles. The number of ether oxygens (including phenoxy) is 3. The van der Waals surface area contributed by atoms with Gasteiger partial charge in [-0.25, -0.2) is 4.98 Å². The number of hydrogen-bond donors (Lipinski definition) is 3. The van der Waals surface area contributed by atoms with Crippen molar-refractivity contribution in [3.63, 3.8) is 0 Å². The second kappa shape index (κ2) is 14.4. The third-order valence-corrected chi connectivity index (χ3v) is 8.97. The molecule has 1 aliphatic heterocycles. The van der Waals surface area contributed by atoms with E-state index >= 15 is 0 Å². The van der Waals surface area contributed by atoms with E-state index in [1.165, 1.54) is 31.8 Å². The van der Waals surface area contributed by atoms with Crippen LogP contribution in [0.15, 0.2) is 36.5 Å². The summed E-state index contributed by atoms with van der Waals surface area (Å²) in [4.78, 5) is 57.0. The van der Waals surface area contributed by atoms with Crippen LogP contribution in [-0.4, -0.2) is 89.7 Å². The summed E-state index contributed by atoms with van der Waals surface area (Å²) in [6, 6.07) is 6.75. The van der Waals surface area contributed by atoms with Gasteiger partial charge < -0.3 is 30.2 Å². The van der Waals surface area contributed by atoms with Crippen molar-refractivity contribution in [2.45, 2.75) is 60.9 Å². The van der Waals surface area contributed by atoms with E-state index in [4.69, 9.17) is 14.2 Å².